The third kappa shape index (κ3) is 1.13. The highest BCUT2D eigenvalue weighted by Crippen LogP contribution is 2.12. The number of fused-ring (bicyclic) bond motifs is 1. The third-order valence-electron chi connectivity index (χ3n) is 2.30. The van der Waals surface area contributed by atoms with Gasteiger partial charge in [-0.05, 0) is 6.92 Å². The lowest BCUT2D eigenvalue weighted by Crippen LogP contribution is -2.26. The number of imidazole rings is 1. The van der Waals surface area contributed by atoms with Gasteiger partial charge in [-0.15, -0.1) is 0 Å². The molecule has 0 radical (unpaired) electrons. The van der Waals surface area contributed by atoms with Crippen LogP contribution in [-0.2, 0) is 14.1 Å². The van der Waals surface area contributed by atoms with E-state index in [4.69, 9.17) is 0 Å². The first-order valence-corrected chi connectivity index (χ1v) is 4.50. The van der Waals surface area contributed by atoms with Crippen LogP contribution in [0.3, 0.4) is 0 Å². The van der Waals surface area contributed by atoms with E-state index in [2.05, 4.69) is 15.3 Å². The van der Waals surface area contributed by atoms with Gasteiger partial charge < -0.3 is 5.32 Å². The summed E-state index contributed by atoms with van der Waals surface area (Å²) in [4.78, 5) is 8.73. The van der Waals surface area contributed by atoms with Gasteiger partial charge in [0.05, 0.1) is 19.8 Å². The van der Waals surface area contributed by atoms with Gasteiger partial charge in [-0.1, -0.05) is 4.98 Å². The Labute approximate surface area is 82.4 Å². The van der Waals surface area contributed by atoms with Crippen LogP contribution in [0.4, 0.5) is 5.95 Å². The summed E-state index contributed by atoms with van der Waals surface area (Å²) in [7, 11) is 5.80. The fourth-order valence-electron chi connectivity index (χ4n) is 1.69. The largest absolute Gasteiger partial charge is 0.343 e. The van der Waals surface area contributed by atoms with Crippen molar-refractivity contribution in [2.75, 3.05) is 12.4 Å². The van der Waals surface area contributed by atoms with Crippen LogP contribution in [0.2, 0.25) is 0 Å². The molecular weight excluding hydrogens is 178 g/mol. The van der Waals surface area contributed by atoms with Crippen LogP contribution in [0.1, 0.15) is 5.69 Å². The number of nitrogens with zero attached hydrogens (tertiary/aromatic N) is 4. The number of aromatic nitrogens is 4. The van der Waals surface area contributed by atoms with E-state index in [0.717, 1.165) is 16.9 Å². The second-order valence-corrected chi connectivity index (χ2v) is 3.39. The molecule has 0 saturated heterocycles. The second kappa shape index (κ2) is 2.94. The molecule has 1 N–H and O–H groups in total. The summed E-state index contributed by atoms with van der Waals surface area (Å²) in [6.45, 7) is 1.99. The fraction of sp³-hybridized carbons (Fsp3) is 0.444. The molecule has 0 amide bonds. The van der Waals surface area contributed by atoms with Crippen molar-refractivity contribution < 1.29 is 4.57 Å². The minimum absolute atomic E-state index is 0.664. The molecule has 5 heteroatoms. The predicted molar refractivity (Wildman–Crippen MR) is 54.0 cm³/mol. The first-order chi connectivity index (χ1) is 6.63. The van der Waals surface area contributed by atoms with E-state index in [0.29, 0.717) is 5.95 Å². The van der Waals surface area contributed by atoms with E-state index in [9.17, 15) is 0 Å². The molecule has 5 nitrogen and oxygen atoms in total. The second-order valence-electron chi connectivity index (χ2n) is 3.39. The molecule has 2 aromatic rings. The maximum Gasteiger partial charge on any atom is 0.307 e. The normalized spacial score (nSPS) is 10.9. The predicted octanol–water partition coefficient (Wildman–Crippen LogP) is 0.143. The highest BCUT2D eigenvalue weighted by molar-refractivity contribution is 5.71. The van der Waals surface area contributed by atoms with E-state index in [1.165, 1.54) is 0 Å². The van der Waals surface area contributed by atoms with Gasteiger partial charge in [0, 0.05) is 7.05 Å². The Kier molecular flexibility index (Phi) is 1.87. The van der Waals surface area contributed by atoms with Gasteiger partial charge >= 0.3 is 11.6 Å². The Hall–Kier alpha value is -1.65. The van der Waals surface area contributed by atoms with Crippen molar-refractivity contribution in [3.63, 3.8) is 0 Å². The molecule has 2 heterocycles. The number of aryl methyl sites for hydroxylation is 3. The first-order valence-electron chi connectivity index (χ1n) is 4.50. The lowest BCUT2D eigenvalue weighted by Gasteiger charge is -1.96. The minimum Gasteiger partial charge on any atom is -0.343 e. The van der Waals surface area contributed by atoms with Gasteiger partial charge in [0.25, 0.3) is 0 Å². The van der Waals surface area contributed by atoms with E-state index in [1.807, 2.05) is 43.5 Å². The molecule has 0 atom stereocenters. The zero-order chi connectivity index (χ0) is 10.3. The summed E-state index contributed by atoms with van der Waals surface area (Å²) in [6, 6.07) is 0. The standard InChI is InChI=1S/C9H14N5/c1-6-7-8(12-9(10-2)11-6)14(4)5-13(7)3/h5H,1-4H3,(H,10,11,12)/q+1. The third-order valence-corrected chi connectivity index (χ3v) is 2.30. The van der Waals surface area contributed by atoms with Gasteiger partial charge in [-0.2, -0.15) is 4.98 Å². The van der Waals surface area contributed by atoms with Crippen molar-refractivity contribution in [1.82, 2.24) is 14.5 Å². The lowest BCUT2D eigenvalue weighted by molar-refractivity contribution is -0.647. The number of hydrogen-bond acceptors (Lipinski definition) is 3. The van der Waals surface area contributed by atoms with Gasteiger partial charge in [-0.25, -0.2) is 4.57 Å². The Balaban J connectivity index is 2.86. The monoisotopic (exact) mass is 192 g/mol. The molecule has 14 heavy (non-hydrogen) atoms. The van der Waals surface area contributed by atoms with E-state index in [-0.39, 0.29) is 0 Å². The van der Waals surface area contributed by atoms with Crippen LogP contribution in [0.25, 0.3) is 11.2 Å². The smallest absolute Gasteiger partial charge is 0.307 e. The number of anilines is 1. The van der Waals surface area contributed by atoms with Crippen molar-refractivity contribution >= 4 is 17.1 Å². The molecule has 0 aromatic carbocycles. The molecule has 2 aromatic heterocycles. The summed E-state index contributed by atoms with van der Waals surface area (Å²) in [5, 5.41) is 2.95. The molecule has 0 aliphatic rings. The molecule has 0 unspecified atom stereocenters. The first kappa shape index (κ1) is 8.93. The van der Waals surface area contributed by atoms with Crippen LogP contribution < -0.4 is 9.88 Å². The summed E-state index contributed by atoms with van der Waals surface area (Å²) in [6.07, 6.45) is 1.99. The van der Waals surface area contributed by atoms with Crippen LogP contribution in [0, 0.1) is 6.92 Å². The summed E-state index contributed by atoms with van der Waals surface area (Å²) in [5.41, 5.74) is 3.01. The van der Waals surface area contributed by atoms with Crippen molar-refractivity contribution in [1.29, 1.82) is 0 Å². The minimum atomic E-state index is 0.664. The average molecular weight is 192 g/mol. The van der Waals surface area contributed by atoms with Gasteiger partial charge in [0.1, 0.15) is 0 Å². The molecule has 0 fully saturated rings. The van der Waals surface area contributed by atoms with Gasteiger partial charge in [-0.3, -0.25) is 4.57 Å². The van der Waals surface area contributed by atoms with Crippen LogP contribution in [0.5, 0.6) is 0 Å². The van der Waals surface area contributed by atoms with Crippen molar-refractivity contribution in [3.8, 4) is 0 Å². The summed E-state index contributed by atoms with van der Waals surface area (Å²) in [5.74, 6) is 0.664. The van der Waals surface area contributed by atoms with Crippen molar-refractivity contribution in [2.24, 2.45) is 14.1 Å². The van der Waals surface area contributed by atoms with Crippen LogP contribution in [-0.4, -0.2) is 21.6 Å². The van der Waals surface area contributed by atoms with Crippen molar-refractivity contribution in [2.45, 2.75) is 6.92 Å². The number of nitrogens with one attached hydrogen (secondary N) is 1. The highest BCUT2D eigenvalue weighted by Gasteiger charge is 2.17. The Morgan fingerprint density at radius 3 is 2.79 bits per heavy atom. The molecule has 0 bridgehead atoms. The van der Waals surface area contributed by atoms with Crippen molar-refractivity contribution in [3.05, 3.63) is 12.0 Å². The zero-order valence-electron chi connectivity index (χ0n) is 8.87. The number of rotatable bonds is 1. The quantitative estimate of drug-likeness (QED) is 0.654. The van der Waals surface area contributed by atoms with Gasteiger partial charge in [0.15, 0.2) is 11.8 Å². The van der Waals surface area contributed by atoms with Crippen LogP contribution in [0.15, 0.2) is 6.33 Å². The average Bonchev–Trinajstić information content (AvgIpc) is 2.42. The fourth-order valence-corrected chi connectivity index (χ4v) is 1.69. The Morgan fingerprint density at radius 1 is 1.43 bits per heavy atom. The Morgan fingerprint density at radius 2 is 2.14 bits per heavy atom. The SMILES string of the molecule is CNc1nc(C)c2c(n1)[n+](C)cn2C. The molecule has 0 spiro atoms. The van der Waals surface area contributed by atoms with E-state index < -0.39 is 0 Å². The van der Waals surface area contributed by atoms with E-state index in [1.54, 1.807) is 0 Å². The lowest BCUT2D eigenvalue weighted by atomic mass is 10.4. The zero-order valence-corrected chi connectivity index (χ0v) is 8.87. The maximum atomic E-state index is 4.39. The number of hydrogen-bond donors (Lipinski definition) is 1. The van der Waals surface area contributed by atoms with Crippen LogP contribution >= 0.6 is 0 Å². The molecule has 2 rings (SSSR count). The highest BCUT2D eigenvalue weighted by atomic mass is 15.2. The Bertz CT molecular complexity index is 485. The molecule has 0 aliphatic carbocycles. The maximum absolute atomic E-state index is 4.39. The molecule has 0 aliphatic heterocycles. The molecular formula is C9H14N5+. The topological polar surface area (TPSA) is 46.6 Å². The summed E-state index contributed by atoms with van der Waals surface area (Å²) < 4.78 is 4.02. The molecule has 74 valence electrons. The summed E-state index contributed by atoms with van der Waals surface area (Å²) >= 11 is 0. The van der Waals surface area contributed by atoms with E-state index >= 15 is 0 Å². The molecule has 0 saturated carbocycles. The van der Waals surface area contributed by atoms with Gasteiger partial charge in [0.2, 0.25) is 0 Å².